The third-order valence-electron chi connectivity index (χ3n) is 3.85. The van der Waals surface area contributed by atoms with Crippen LogP contribution in [0.2, 0.25) is 0 Å². The number of aliphatic hydroxyl groups is 2. The van der Waals surface area contributed by atoms with E-state index in [9.17, 15) is 9.50 Å². The Labute approximate surface area is 135 Å². The number of aromatic nitrogens is 4. The highest BCUT2D eigenvalue weighted by atomic mass is 19.1. The van der Waals surface area contributed by atoms with Crippen molar-refractivity contribution in [1.82, 2.24) is 19.5 Å². The third kappa shape index (κ3) is 2.87. The zero-order valence-electron chi connectivity index (χ0n) is 14.4. The van der Waals surface area contributed by atoms with Gasteiger partial charge in [0.15, 0.2) is 29.4 Å². The largest absolute Gasteiger partial charge is 0.396 e. The number of ether oxygens (including phenoxy) is 1. The molecule has 2 aromatic heterocycles. The molecule has 1 fully saturated rings. The van der Waals surface area contributed by atoms with Crippen LogP contribution in [-0.2, 0) is 4.74 Å². The highest BCUT2D eigenvalue weighted by Gasteiger charge is 2.45. The Morgan fingerprint density at radius 3 is 3.26 bits per heavy atom. The van der Waals surface area contributed by atoms with Crippen LogP contribution in [0.25, 0.3) is 11.2 Å². The van der Waals surface area contributed by atoms with Crippen molar-refractivity contribution in [3.05, 3.63) is 12.7 Å². The van der Waals surface area contributed by atoms with Crippen molar-refractivity contribution < 1.29 is 20.7 Å². The molecule has 0 aliphatic carbocycles. The fraction of sp³-hybridized carbons (Fsp3) is 0.643. The smallest absolute Gasteiger partial charge is 0.210 e. The molecule has 0 unspecified atom stereocenters. The molecule has 3 heterocycles. The number of nitrogens with zero attached hydrogens (tertiary/aromatic N) is 4. The molecule has 4 atom stereocenters. The van der Waals surface area contributed by atoms with Gasteiger partial charge in [-0.3, -0.25) is 4.57 Å². The molecule has 0 amide bonds. The van der Waals surface area contributed by atoms with Gasteiger partial charge in [0.25, 0.3) is 0 Å². The Bertz CT molecular complexity index is 706. The maximum Gasteiger partial charge on any atom is 0.210 e. The van der Waals surface area contributed by atoms with Crippen LogP contribution in [0.4, 0.5) is 10.2 Å². The van der Waals surface area contributed by atoms with Gasteiger partial charge in [0.2, 0.25) is 1.43 Å². The van der Waals surface area contributed by atoms with Gasteiger partial charge >= 0.3 is 0 Å². The summed E-state index contributed by atoms with van der Waals surface area (Å²) < 4.78 is 35.5. The molecule has 23 heavy (non-hydrogen) atoms. The first-order valence-electron chi connectivity index (χ1n) is 8.55. The van der Waals surface area contributed by atoms with Crippen molar-refractivity contribution in [3.63, 3.8) is 0 Å². The number of fused-ring (bicyclic) bond motifs is 1. The lowest BCUT2D eigenvalue weighted by Crippen LogP contribution is -2.28. The first kappa shape index (κ1) is 13.6. The Hall–Kier alpha value is -1.84. The summed E-state index contributed by atoms with van der Waals surface area (Å²) >= 11 is 0. The second-order valence-corrected chi connectivity index (χ2v) is 5.32. The van der Waals surface area contributed by atoms with Crippen LogP contribution in [-0.4, -0.2) is 62.7 Å². The normalized spacial score (nSPS) is 28.8. The molecule has 3 N–H and O–H groups in total. The van der Waals surface area contributed by atoms with E-state index in [1.165, 1.54) is 17.2 Å². The van der Waals surface area contributed by atoms with Crippen LogP contribution in [0.1, 0.15) is 27.3 Å². The number of rotatable bonds is 7. The standard InChI is InChI=1S/C14H20FN5O3/c1-2-16-12-10-13(18-6-17-12)20(7-19-10)14-9(15)11(22)8(23-14)4-3-5-21/h6-9,11,14,21-22H,2-5H2,1H3,(H,16,17,18)/t8-,9+,11-,14-/m1/s1/i1T,21T. The average Bonchev–Trinajstić information content (AvgIpc) is 3.16. The summed E-state index contributed by atoms with van der Waals surface area (Å²) in [6, 6.07) is 0. The molecule has 2 aromatic rings. The van der Waals surface area contributed by atoms with E-state index in [2.05, 4.69) is 25.4 Å². The quantitative estimate of drug-likeness (QED) is 0.640. The molecule has 126 valence electrons. The van der Waals surface area contributed by atoms with Crippen molar-refractivity contribution in [3.8, 4) is 0 Å². The van der Waals surface area contributed by atoms with Gasteiger partial charge in [0, 0.05) is 14.5 Å². The number of aliphatic hydroxyl groups excluding tert-OH is 2. The molecule has 1 aliphatic rings. The number of halogens is 1. The average molecular weight is 329 g/mol. The van der Waals surface area contributed by atoms with Crippen molar-refractivity contribution in [2.45, 2.75) is 44.3 Å². The van der Waals surface area contributed by atoms with E-state index in [4.69, 9.17) is 7.54 Å². The van der Waals surface area contributed by atoms with Gasteiger partial charge in [-0.25, -0.2) is 19.3 Å². The predicted molar refractivity (Wildman–Crippen MR) is 80.6 cm³/mol. The topological polar surface area (TPSA) is 105 Å². The van der Waals surface area contributed by atoms with E-state index in [-0.39, 0.29) is 13.5 Å². The molecule has 0 saturated carbocycles. The van der Waals surface area contributed by atoms with Gasteiger partial charge in [0.1, 0.15) is 12.4 Å². The zero-order valence-corrected chi connectivity index (χ0v) is 12.4. The lowest BCUT2D eigenvalue weighted by molar-refractivity contribution is -0.0281. The van der Waals surface area contributed by atoms with E-state index in [0.717, 1.165) is 0 Å². The fourth-order valence-electron chi connectivity index (χ4n) is 2.74. The van der Waals surface area contributed by atoms with Crippen molar-refractivity contribution >= 4 is 17.0 Å². The second kappa shape index (κ2) is 6.73. The van der Waals surface area contributed by atoms with Crippen LogP contribution in [0.3, 0.4) is 0 Å². The van der Waals surface area contributed by atoms with Crippen LogP contribution < -0.4 is 5.32 Å². The number of anilines is 1. The van der Waals surface area contributed by atoms with E-state index in [1.807, 2.05) is 0 Å². The van der Waals surface area contributed by atoms with Crippen LogP contribution in [0.15, 0.2) is 12.7 Å². The summed E-state index contributed by atoms with van der Waals surface area (Å²) in [6.45, 7) is 0.782. The fourth-order valence-corrected chi connectivity index (χ4v) is 2.74. The lowest BCUT2D eigenvalue weighted by Gasteiger charge is -2.15. The Kier molecular flexibility index (Phi) is 3.98. The lowest BCUT2D eigenvalue weighted by atomic mass is 10.1. The van der Waals surface area contributed by atoms with Crippen LogP contribution >= 0.6 is 0 Å². The molecule has 1 aliphatic heterocycles. The molecular weight excluding hydrogens is 305 g/mol. The zero-order chi connectivity index (χ0) is 17.8. The van der Waals surface area contributed by atoms with E-state index in [1.54, 1.807) is 0 Å². The summed E-state index contributed by atoms with van der Waals surface area (Å²) in [5, 5.41) is 17.3. The summed E-state index contributed by atoms with van der Waals surface area (Å²) in [5.41, 5.74) is 0.838. The molecule has 8 nitrogen and oxygen atoms in total. The van der Waals surface area contributed by atoms with Gasteiger partial charge in [-0.1, -0.05) is 0 Å². The SMILES string of the molecule is [3H]CCNc1ncnc2c1ncn2[C@@H]1O[C@H](CCCO[3H])[C@@H](O)[C@@H]1F. The van der Waals surface area contributed by atoms with Gasteiger partial charge in [-0.05, 0) is 19.7 Å². The molecular formula is C14H20FN5O3. The summed E-state index contributed by atoms with van der Waals surface area (Å²) in [6.07, 6.45) is -1.02. The minimum Gasteiger partial charge on any atom is -0.396 e. The molecule has 9 heteroatoms. The van der Waals surface area contributed by atoms with Gasteiger partial charge in [0.05, 0.1) is 12.4 Å². The van der Waals surface area contributed by atoms with Gasteiger partial charge in [-0.15, -0.1) is 0 Å². The first-order valence-corrected chi connectivity index (χ1v) is 7.43. The first-order chi connectivity index (χ1) is 12.2. The highest BCUT2D eigenvalue weighted by molar-refractivity contribution is 5.82. The predicted octanol–water partition coefficient (Wildman–Crippen LogP) is 0.627. The highest BCUT2D eigenvalue weighted by Crippen LogP contribution is 2.35. The summed E-state index contributed by atoms with van der Waals surface area (Å²) in [7, 11) is 0. The number of hydrogen-bond donors (Lipinski definition) is 3. The monoisotopic (exact) mass is 329 g/mol. The number of alkyl halides is 1. The van der Waals surface area contributed by atoms with E-state index >= 15 is 0 Å². The van der Waals surface area contributed by atoms with Gasteiger partial charge in [-0.2, -0.15) is 0 Å². The maximum atomic E-state index is 14.6. The second-order valence-electron chi connectivity index (χ2n) is 5.32. The molecule has 0 radical (unpaired) electrons. The molecule has 1 saturated heterocycles. The number of hydrogen-bond acceptors (Lipinski definition) is 7. The van der Waals surface area contributed by atoms with Crippen molar-refractivity contribution in [2.75, 3.05) is 18.5 Å². The van der Waals surface area contributed by atoms with Crippen molar-refractivity contribution in [2.24, 2.45) is 0 Å². The number of imidazole rings is 1. The maximum absolute atomic E-state index is 14.6. The Balaban J connectivity index is 1.81. The minimum absolute atomic E-state index is 0.181. The Morgan fingerprint density at radius 1 is 1.52 bits per heavy atom. The third-order valence-corrected chi connectivity index (χ3v) is 3.85. The van der Waals surface area contributed by atoms with Crippen molar-refractivity contribution in [1.29, 1.82) is 1.43 Å². The molecule has 0 spiro atoms. The molecule has 3 rings (SSSR count). The minimum atomic E-state index is -1.63. The molecule has 0 aromatic carbocycles. The summed E-state index contributed by atoms with van der Waals surface area (Å²) in [4.78, 5) is 12.4. The van der Waals surface area contributed by atoms with Gasteiger partial charge < -0.3 is 20.3 Å². The van der Waals surface area contributed by atoms with Crippen LogP contribution in [0.5, 0.6) is 0 Å². The van der Waals surface area contributed by atoms with E-state index in [0.29, 0.717) is 36.4 Å². The van der Waals surface area contributed by atoms with E-state index < -0.39 is 24.6 Å². The number of nitrogens with one attached hydrogen (secondary N) is 1. The summed E-state index contributed by atoms with van der Waals surface area (Å²) in [5.74, 6) is 0.467. The Morgan fingerprint density at radius 2 is 2.43 bits per heavy atom. The van der Waals surface area contributed by atoms with Crippen LogP contribution in [0, 0.1) is 0 Å². The molecule has 0 bridgehead atoms.